The van der Waals surface area contributed by atoms with Gasteiger partial charge >= 0.3 is 0 Å². The lowest BCUT2D eigenvalue weighted by molar-refractivity contribution is 0.103. The van der Waals surface area contributed by atoms with Gasteiger partial charge in [0.15, 0.2) is 5.82 Å². The molecule has 0 aliphatic heterocycles. The van der Waals surface area contributed by atoms with Gasteiger partial charge in [-0.2, -0.15) is 5.10 Å². The van der Waals surface area contributed by atoms with Crippen LogP contribution in [0.1, 0.15) is 52.5 Å². The molecule has 2 aromatic rings. The molecule has 1 amide bonds. The predicted octanol–water partition coefficient (Wildman–Crippen LogP) is 3.80. The van der Waals surface area contributed by atoms with Crippen LogP contribution in [0.3, 0.4) is 0 Å². The number of H-pyrrole nitrogens is 1. The highest BCUT2D eigenvalue weighted by Crippen LogP contribution is 2.33. The quantitative estimate of drug-likeness (QED) is 0.902. The van der Waals surface area contributed by atoms with Crippen molar-refractivity contribution in [1.82, 2.24) is 10.2 Å². The van der Waals surface area contributed by atoms with Crippen molar-refractivity contribution in [2.45, 2.75) is 46.0 Å². The van der Waals surface area contributed by atoms with Gasteiger partial charge in [0.05, 0.1) is 4.88 Å². The first kappa shape index (κ1) is 14.3. The standard InChI is InChI=1S/C16H21N3OS/c1-3-10-5-6-13-11(7-10)8-14(21-13)16(20)17-15-9-12(4-2)18-19-15/h8-10H,3-7H2,1-2H3,(H2,17,18,19,20). The van der Waals surface area contributed by atoms with Crippen LogP contribution in [-0.2, 0) is 19.3 Å². The first-order valence-electron chi connectivity index (χ1n) is 7.66. The molecule has 0 saturated heterocycles. The summed E-state index contributed by atoms with van der Waals surface area (Å²) in [6.45, 7) is 4.30. The molecule has 5 heteroatoms. The maximum atomic E-state index is 12.3. The largest absolute Gasteiger partial charge is 0.304 e. The van der Waals surface area contributed by atoms with Gasteiger partial charge in [-0.25, -0.2) is 0 Å². The smallest absolute Gasteiger partial charge is 0.266 e. The first-order valence-corrected chi connectivity index (χ1v) is 8.48. The Kier molecular flexibility index (Phi) is 4.10. The van der Waals surface area contributed by atoms with E-state index in [0.717, 1.165) is 35.8 Å². The van der Waals surface area contributed by atoms with E-state index in [0.29, 0.717) is 5.82 Å². The van der Waals surface area contributed by atoms with Crippen LogP contribution in [0.15, 0.2) is 12.1 Å². The summed E-state index contributed by atoms with van der Waals surface area (Å²) in [6, 6.07) is 3.96. The van der Waals surface area contributed by atoms with E-state index in [9.17, 15) is 4.79 Å². The summed E-state index contributed by atoms with van der Waals surface area (Å²) in [4.78, 5) is 14.5. The fourth-order valence-electron chi connectivity index (χ4n) is 2.84. The van der Waals surface area contributed by atoms with Crippen LogP contribution in [0.5, 0.6) is 0 Å². The Hall–Kier alpha value is -1.62. The Bertz CT molecular complexity index is 644. The van der Waals surface area contributed by atoms with E-state index in [-0.39, 0.29) is 5.91 Å². The Morgan fingerprint density at radius 2 is 2.33 bits per heavy atom. The molecule has 2 N–H and O–H groups in total. The van der Waals surface area contributed by atoms with Gasteiger partial charge in [-0.05, 0) is 43.2 Å². The van der Waals surface area contributed by atoms with Gasteiger partial charge in [0.1, 0.15) is 0 Å². The van der Waals surface area contributed by atoms with Crippen LogP contribution in [-0.4, -0.2) is 16.1 Å². The van der Waals surface area contributed by atoms with Crippen molar-refractivity contribution in [1.29, 1.82) is 0 Å². The predicted molar refractivity (Wildman–Crippen MR) is 86.0 cm³/mol. The van der Waals surface area contributed by atoms with Crippen molar-refractivity contribution in [3.05, 3.63) is 33.1 Å². The number of carbonyl (C=O) groups is 1. The number of nitrogens with zero attached hydrogens (tertiary/aromatic N) is 1. The van der Waals surface area contributed by atoms with Gasteiger partial charge in [-0.15, -0.1) is 11.3 Å². The maximum Gasteiger partial charge on any atom is 0.266 e. The first-order chi connectivity index (χ1) is 10.2. The number of hydrogen-bond acceptors (Lipinski definition) is 3. The second-order valence-corrected chi connectivity index (χ2v) is 6.80. The molecular weight excluding hydrogens is 282 g/mol. The summed E-state index contributed by atoms with van der Waals surface area (Å²) >= 11 is 1.64. The van der Waals surface area contributed by atoms with Crippen molar-refractivity contribution < 1.29 is 4.79 Å². The third kappa shape index (κ3) is 3.02. The van der Waals surface area contributed by atoms with E-state index < -0.39 is 0 Å². The highest BCUT2D eigenvalue weighted by atomic mass is 32.1. The third-order valence-electron chi connectivity index (χ3n) is 4.24. The second kappa shape index (κ2) is 6.02. The molecule has 1 atom stereocenters. The molecule has 4 nitrogen and oxygen atoms in total. The second-order valence-electron chi connectivity index (χ2n) is 5.66. The fourth-order valence-corrected chi connectivity index (χ4v) is 3.95. The number of aromatic amines is 1. The summed E-state index contributed by atoms with van der Waals surface area (Å²) < 4.78 is 0. The SMILES string of the molecule is CCc1cc(NC(=O)c2cc3c(s2)CCC(CC)C3)n[nH]1. The van der Waals surface area contributed by atoms with E-state index >= 15 is 0 Å². The van der Waals surface area contributed by atoms with E-state index in [1.165, 1.54) is 23.3 Å². The molecular formula is C16H21N3OS. The lowest BCUT2D eigenvalue weighted by Crippen LogP contribution is -2.11. The number of thiophene rings is 1. The van der Waals surface area contributed by atoms with Gasteiger partial charge < -0.3 is 5.32 Å². The van der Waals surface area contributed by atoms with Crippen LogP contribution in [0.4, 0.5) is 5.82 Å². The van der Waals surface area contributed by atoms with Crippen molar-refractivity contribution in [2.24, 2.45) is 5.92 Å². The van der Waals surface area contributed by atoms with Crippen LogP contribution in [0, 0.1) is 5.92 Å². The number of anilines is 1. The number of hydrogen-bond donors (Lipinski definition) is 2. The monoisotopic (exact) mass is 303 g/mol. The van der Waals surface area contributed by atoms with E-state index in [4.69, 9.17) is 0 Å². The number of aryl methyl sites for hydroxylation is 2. The molecule has 3 rings (SSSR count). The van der Waals surface area contributed by atoms with Gasteiger partial charge in [-0.1, -0.05) is 20.3 Å². The minimum Gasteiger partial charge on any atom is -0.304 e. The van der Waals surface area contributed by atoms with Crippen LogP contribution >= 0.6 is 11.3 Å². The van der Waals surface area contributed by atoms with Crippen molar-refractivity contribution in [2.75, 3.05) is 5.32 Å². The Morgan fingerprint density at radius 1 is 1.48 bits per heavy atom. The van der Waals surface area contributed by atoms with Crippen molar-refractivity contribution in [3.63, 3.8) is 0 Å². The lowest BCUT2D eigenvalue weighted by Gasteiger charge is -2.19. The molecule has 0 fully saturated rings. The molecule has 2 aromatic heterocycles. The molecule has 0 bridgehead atoms. The molecule has 1 aliphatic rings. The third-order valence-corrected chi connectivity index (χ3v) is 5.48. The molecule has 0 spiro atoms. The highest BCUT2D eigenvalue weighted by molar-refractivity contribution is 7.14. The zero-order valence-electron chi connectivity index (χ0n) is 12.5. The number of amides is 1. The number of fused-ring (bicyclic) bond motifs is 1. The number of rotatable bonds is 4. The summed E-state index contributed by atoms with van der Waals surface area (Å²) in [5.41, 5.74) is 2.40. The molecule has 1 aliphatic carbocycles. The zero-order chi connectivity index (χ0) is 14.8. The Labute approximate surface area is 129 Å². The summed E-state index contributed by atoms with van der Waals surface area (Å²) in [5.74, 6) is 1.34. The van der Waals surface area contributed by atoms with E-state index in [1.807, 2.05) is 6.07 Å². The Balaban J connectivity index is 1.72. The van der Waals surface area contributed by atoms with Crippen LogP contribution in [0.25, 0.3) is 0 Å². The van der Waals surface area contributed by atoms with Gasteiger partial charge in [0.2, 0.25) is 0 Å². The average Bonchev–Trinajstić information content (AvgIpc) is 3.12. The molecule has 21 heavy (non-hydrogen) atoms. The van der Waals surface area contributed by atoms with Gasteiger partial charge in [0.25, 0.3) is 5.91 Å². The topological polar surface area (TPSA) is 57.8 Å². The number of nitrogens with one attached hydrogen (secondary N) is 2. The summed E-state index contributed by atoms with van der Waals surface area (Å²) in [6.07, 6.45) is 5.61. The van der Waals surface area contributed by atoms with E-state index in [1.54, 1.807) is 11.3 Å². The summed E-state index contributed by atoms with van der Waals surface area (Å²) in [7, 11) is 0. The van der Waals surface area contributed by atoms with Crippen LogP contribution in [0.2, 0.25) is 0 Å². The van der Waals surface area contributed by atoms with Crippen LogP contribution < -0.4 is 5.32 Å². The minimum absolute atomic E-state index is 0.0448. The van der Waals surface area contributed by atoms with Gasteiger partial charge in [-0.3, -0.25) is 9.89 Å². The molecule has 0 aromatic carbocycles. The molecule has 2 heterocycles. The normalized spacial score (nSPS) is 17.5. The number of carbonyl (C=O) groups excluding carboxylic acids is 1. The maximum absolute atomic E-state index is 12.3. The molecule has 0 radical (unpaired) electrons. The number of aromatic nitrogens is 2. The lowest BCUT2D eigenvalue weighted by atomic mass is 9.87. The molecule has 1 unspecified atom stereocenters. The van der Waals surface area contributed by atoms with Gasteiger partial charge in [0, 0.05) is 16.6 Å². The minimum atomic E-state index is -0.0448. The van der Waals surface area contributed by atoms with Crippen molar-refractivity contribution in [3.8, 4) is 0 Å². The molecule has 0 saturated carbocycles. The van der Waals surface area contributed by atoms with E-state index in [2.05, 4.69) is 35.4 Å². The average molecular weight is 303 g/mol. The Morgan fingerprint density at radius 3 is 3.05 bits per heavy atom. The van der Waals surface area contributed by atoms with Crippen molar-refractivity contribution >= 4 is 23.1 Å². The fraction of sp³-hybridized carbons (Fsp3) is 0.500. The highest BCUT2D eigenvalue weighted by Gasteiger charge is 2.22. The zero-order valence-corrected chi connectivity index (χ0v) is 13.3. The summed E-state index contributed by atoms with van der Waals surface area (Å²) in [5, 5.41) is 9.90. The molecule has 112 valence electrons.